The van der Waals surface area contributed by atoms with E-state index in [0.29, 0.717) is 0 Å². The molecule has 0 aliphatic rings. The van der Waals surface area contributed by atoms with Crippen LogP contribution in [0.4, 0.5) is 0 Å². The Balaban J connectivity index is 0. The van der Waals surface area contributed by atoms with Crippen molar-refractivity contribution in [1.29, 1.82) is 5.41 Å². The smallest absolute Gasteiger partial charge is 0.222 e. The van der Waals surface area contributed by atoms with E-state index >= 15 is 0 Å². The van der Waals surface area contributed by atoms with Gasteiger partial charge in [0.05, 0.1) is 5.75 Å². The lowest BCUT2D eigenvalue weighted by molar-refractivity contribution is 0.562. The number of hydrogen-bond acceptors (Lipinski definition) is 4. The van der Waals surface area contributed by atoms with Gasteiger partial charge in [0, 0.05) is 10.7 Å². The molecule has 0 aromatic heterocycles. The Morgan fingerprint density at radius 3 is 2.00 bits per heavy atom. The van der Waals surface area contributed by atoms with Crippen LogP contribution in [0.25, 0.3) is 0 Å². The van der Waals surface area contributed by atoms with Crippen molar-refractivity contribution in [2.45, 2.75) is 0 Å². The van der Waals surface area contributed by atoms with Crippen LogP contribution in [0.5, 0.6) is 0 Å². The zero-order chi connectivity index (χ0) is 8.62. The molecule has 0 saturated heterocycles. The Morgan fingerprint density at radius 2 is 2.00 bits per heavy atom. The summed E-state index contributed by atoms with van der Waals surface area (Å²) in [5.74, 6) is -0.158. The number of isocyanates is 1. The van der Waals surface area contributed by atoms with Gasteiger partial charge in [-0.05, 0) is 0 Å². The third kappa shape index (κ3) is 26.4. The van der Waals surface area contributed by atoms with Crippen molar-refractivity contribution in [3.63, 3.8) is 0 Å². The van der Waals surface area contributed by atoms with E-state index in [0.717, 1.165) is 6.08 Å². The molecule has 0 fully saturated rings. The standard InChI is InChI=1S/C3H5ClO2S.CHNO/c1-2-3-7(4,5)6;2-1-3/h2H,1,3H2;2H. The van der Waals surface area contributed by atoms with Crippen LogP contribution in [0.3, 0.4) is 0 Å². The predicted molar refractivity (Wildman–Crippen MR) is 38.3 cm³/mol. The summed E-state index contributed by atoms with van der Waals surface area (Å²) >= 11 is 0. The number of rotatable bonds is 2. The van der Waals surface area contributed by atoms with Gasteiger partial charge in [0.1, 0.15) is 0 Å². The van der Waals surface area contributed by atoms with Gasteiger partial charge in [0.2, 0.25) is 15.1 Å². The number of halogens is 1. The van der Waals surface area contributed by atoms with E-state index < -0.39 is 9.05 Å². The largest absolute Gasteiger partial charge is 0.236 e. The van der Waals surface area contributed by atoms with Crippen LogP contribution in [-0.4, -0.2) is 20.3 Å². The first-order chi connectivity index (χ1) is 4.47. The molecule has 4 nitrogen and oxygen atoms in total. The maximum Gasteiger partial charge on any atom is 0.236 e. The summed E-state index contributed by atoms with van der Waals surface area (Å²) in [4.78, 5) is 8.35. The molecule has 0 rings (SSSR count). The molecular formula is C4H6ClNO3S. The van der Waals surface area contributed by atoms with Crippen LogP contribution < -0.4 is 0 Å². The molecule has 0 atom stereocenters. The fraction of sp³-hybridized carbons (Fsp3) is 0.250. The fourth-order valence-electron chi connectivity index (χ4n) is 0.141. The van der Waals surface area contributed by atoms with E-state index in [-0.39, 0.29) is 5.75 Å². The topological polar surface area (TPSA) is 75.1 Å². The molecule has 0 bridgehead atoms. The summed E-state index contributed by atoms with van der Waals surface area (Å²) in [5.41, 5.74) is 0. The maximum absolute atomic E-state index is 9.93. The summed E-state index contributed by atoms with van der Waals surface area (Å²) in [5, 5.41) is 5.40. The van der Waals surface area contributed by atoms with E-state index in [1.165, 1.54) is 6.08 Å². The van der Waals surface area contributed by atoms with Gasteiger partial charge in [-0.3, -0.25) is 0 Å². The van der Waals surface area contributed by atoms with Crippen molar-refractivity contribution < 1.29 is 13.2 Å². The lowest BCUT2D eigenvalue weighted by Crippen LogP contribution is -1.90. The normalized spacial score (nSPS) is 8.50. The molecule has 0 aliphatic carbocycles. The van der Waals surface area contributed by atoms with Gasteiger partial charge in [-0.15, -0.1) is 6.58 Å². The van der Waals surface area contributed by atoms with E-state index in [2.05, 4.69) is 6.58 Å². The van der Waals surface area contributed by atoms with Crippen LogP contribution in [0.15, 0.2) is 12.7 Å². The zero-order valence-corrected chi connectivity index (χ0v) is 6.57. The molecule has 10 heavy (non-hydrogen) atoms. The number of hydrogen-bond donors (Lipinski definition) is 1. The third-order valence-corrected chi connectivity index (χ3v) is 1.33. The van der Waals surface area contributed by atoms with Gasteiger partial charge < -0.3 is 0 Å². The van der Waals surface area contributed by atoms with Gasteiger partial charge in [-0.25, -0.2) is 18.6 Å². The van der Waals surface area contributed by atoms with E-state index in [4.69, 9.17) is 20.9 Å². The minimum absolute atomic E-state index is 0.158. The minimum Gasteiger partial charge on any atom is -0.222 e. The molecule has 0 saturated carbocycles. The van der Waals surface area contributed by atoms with E-state index in [1.54, 1.807) is 0 Å². The van der Waals surface area contributed by atoms with Crippen LogP contribution in [0.2, 0.25) is 0 Å². The van der Waals surface area contributed by atoms with Crippen molar-refractivity contribution in [2.75, 3.05) is 5.75 Å². The van der Waals surface area contributed by atoms with Crippen LogP contribution in [-0.2, 0) is 13.8 Å². The number of nitrogens with one attached hydrogen (secondary N) is 1. The zero-order valence-electron chi connectivity index (χ0n) is 5.00. The highest BCUT2D eigenvalue weighted by molar-refractivity contribution is 8.13. The molecule has 0 aliphatic heterocycles. The van der Waals surface area contributed by atoms with Crippen molar-refractivity contribution in [2.24, 2.45) is 0 Å². The molecule has 1 N–H and O–H groups in total. The average molecular weight is 184 g/mol. The second-order valence-corrected chi connectivity index (χ2v) is 3.92. The van der Waals surface area contributed by atoms with Gasteiger partial charge >= 0.3 is 0 Å². The molecule has 0 spiro atoms. The Kier molecular flexibility index (Phi) is 7.82. The second-order valence-electron chi connectivity index (χ2n) is 1.10. The predicted octanol–water partition coefficient (Wildman–Crippen LogP) is 0.642. The first-order valence-corrected chi connectivity index (χ1v) is 4.53. The molecular weight excluding hydrogens is 178 g/mol. The lowest BCUT2D eigenvalue weighted by Gasteiger charge is -1.79. The SMILES string of the molecule is C=CCS(=O)(=O)Cl.N=C=O. The second kappa shape index (κ2) is 6.48. The average Bonchev–Trinajstić information content (AvgIpc) is 1.63. The van der Waals surface area contributed by atoms with Crippen LogP contribution >= 0.6 is 10.7 Å². The maximum atomic E-state index is 9.93. The summed E-state index contributed by atoms with van der Waals surface area (Å²) in [6.07, 6.45) is 1.99. The van der Waals surface area contributed by atoms with Crippen molar-refractivity contribution in [3.8, 4) is 0 Å². The summed E-state index contributed by atoms with van der Waals surface area (Å²) in [6.45, 7) is 3.18. The van der Waals surface area contributed by atoms with Crippen LogP contribution in [0, 0.1) is 5.41 Å². The van der Waals surface area contributed by atoms with Crippen molar-refractivity contribution in [3.05, 3.63) is 12.7 Å². The summed E-state index contributed by atoms with van der Waals surface area (Å²) < 4.78 is 19.9. The van der Waals surface area contributed by atoms with Gasteiger partial charge in [-0.1, -0.05) is 6.08 Å². The number of carbonyl (C=O) groups excluding carboxylic acids is 1. The van der Waals surface area contributed by atoms with Gasteiger partial charge in [0.15, 0.2) is 0 Å². The Morgan fingerprint density at radius 1 is 1.70 bits per heavy atom. The minimum atomic E-state index is -3.32. The Bertz CT molecular complexity index is 215. The highest BCUT2D eigenvalue weighted by Gasteiger charge is 1.97. The molecule has 0 radical (unpaired) electrons. The van der Waals surface area contributed by atoms with E-state index in [1.807, 2.05) is 0 Å². The first kappa shape index (κ1) is 12.1. The molecule has 0 unspecified atom stereocenters. The Labute approximate surface area is 63.4 Å². The van der Waals surface area contributed by atoms with Gasteiger partial charge in [-0.2, -0.15) is 0 Å². The molecule has 0 amide bonds. The van der Waals surface area contributed by atoms with Crippen molar-refractivity contribution >= 4 is 25.8 Å². The monoisotopic (exact) mass is 183 g/mol. The fourth-order valence-corrected chi connectivity index (χ4v) is 0.690. The lowest BCUT2D eigenvalue weighted by atomic mass is 10.8. The van der Waals surface area contributed by atoms with Crippen molar-refractivity contribution in [1.82, 2.24) is 0 Å². The Hall–Kier alpha value is -0.640. The van der Waals surface area contributed by atoms with Gasteiger partial charge in [0.25, 0.3) is 0 Å². The summed E-state index contributed by atoms with van der Waals surface area (Å²) in [7, 11) is 1.41. The van der Waals surface area contributed by atoms with E-state index in [9.17, 15) is 8.42 Å². The molecule has 0 heterocycles. The molecule has 0 aromatic carbocycles. The molecule has 58 valence electrons. The highest BCUT2D eigenvalue weighted by atomic mass is 35.7. The van der Waals surface area contributed by atoms with Crippen LogP contribution in [0.1, 0.15) is 0 Å². The first-order valence-electron chi connectivity index (χ1n) is 2.05. The molecule has 0 aromatic rings. The summed E-state index contributed by atoms with van der Waals surface area (Å²) in [6, 6.07) is 0. The molecule has 6 heteroatoms. The quantitative estimate of drug-likeness (QED) is 0.296. The highest BCUT2D eigenvalue weighted by Crippen LogP contribution is 1.93. The third-order valence-electron chi connectivity index (χ3n) is 0.317.